The molecule has 0 bridgehead atoms. The molecule has 3 heteroatoms. The van der Waals surface area contributed by atoms with E-state index >= 15 is 0 Å². The van der Waals surface area contributed by atoms with Crippen molar-refractivity contribution in [1.82, 2.24) is 9.78 Å². The second-order valence-electron chi connectivity index (χ2n) is 5.45. The highest BCUT2D eigenvalue weighted by atomic mass is 15.3. The molecular weight excluding hydrogens is 198 g/mol. The summed E-state index contributed by atoms with van der Waals surface area (Å²) < 4.78 is 2.16. The van der Waals surface area contributed by atoms with E-state index in [1.54, 1.807) is 0 Å². The third kappa shape index (κ3) is 1.83. The summed E-state index contributed by atoms with van der Waals surface area (Å²) in [5.41, 5.74) is 8.97. The molecule has 2 N–H and O–H groups in total. The molecule has 1 aliphatic carbocycles. The van der Waals surface area contributed by atoms with Gasteiger partial charge in [-0.05, 0) is 44.9 Å². The van der Waals surface area contributed by atoms with Crippen LogP contribution in [-0.2, 0) is 0 Å². The molecule has 0 amide bonds. The van der Waals surface area contributed by atoms with Crippen molar-refractivity contribution in [3.63, 3.8) is 0 Å². The largest absolute Gasteiger partial charge is 0.396 e. The quantitative estimate of drug-likeness (QED) is 0.792. The molecule has 1 saturated carbocycles. The Balaban J connectivity index is 2.22. The van der Waals surface area contributed by atoms with Crippen LogP contribution in [0.5, 0.6) is 0 Å². The van der Waals surface area contributed by atoms with Crippen LogP contribution in [0.2, 0.25) is 0 Å². The van der Waals surface area contributed by atoms with Gasteiger partial charge in [-0.25, -0.2) is 0 Å². The number of rotatable bonds is 1. The van der Waals surface area contributed by atoms with Crippen LogP contribution < -0.4 is 5.73 Å². The Morgan fingerprint density at radius 3 is 2.38 bits per heavy atom. The molecule has 0 radical (unpaired) electrons. The van der Waals surface area contributed by atoms with Crippen LogP contribution in [0, 0.1) is 25.7 Å². The summed E-state index contributed by atoms with van der Waals surface area (Å²) in [4.78, 5) is 0. The molecule has 3 atom stereocenters. The fourth-order valence-electron chi connectivity index (χ4n) is 2.77. The van der Waals surface area contributed by atoms with E-state index in [9.17, 15) is 0 Å². The van der Waals surface area contributed by atoms with Crippen molar-refractivity contribution in [3.05, 3.63) is 11.4 Å². The van der Waals surface area contributed by atoms with Gasteiger partial charge in [0.2, 0.25) is 0 Å². The molecule has 0 spiro atoms. The van der Waals surface area contributed by atoms with Gasteiger partial charge < -0.3 is 5.73 Å². The molecular formula is C13H23N3. The molecule has 0 aliphatic heterocycles. The Bertz CT molecular complexity index is 381. The smallest absolute Gasteiger partial charge is 0.0826 e. The van der Waals surface area contributed by atoms with Gasteiger partial charge in [0.25, 0.3) is 0 Å². The number of aryl methyl sites for hydroxylation is 1. The number of nitrogens with zero attached hydrogens (tertiary/aromatic N) is 2. The molecule has 1 heterocycles. The number of hydrogen-bond donors (Lipinski definition) is 1. The Morgan fingerprint density at radius 1 is 1.19 bits per heavy atom. The first-order valence-corrected chi connectivity index (χ1v) is 6.32. The van der Waals surface area contributed by atoms with Crippen molar-refractivity contribution in [2.45, 2.75) is 53.0 Å². The highest BCUT2D eigenvalue weighted by molar-refractivity contribution is 5.47. The predicted octanol–water partition coefficient (Wildman–Crippen LogP) is 3.08. The third-order valence-corrected chi connectivity index (χ3v) is 4.30. The van der Waals surface area contributed by atoms with Crippen LogP contribution in [0.3, 0.4) is 0 Å². The number of nitrogen functional groups attached to an aromatic ring is 1. The minimum Gasteiger partial charge on any atom is -0.396 e. The average molecular weight is 221 g/mol. The first-order chi connectivity index (χ1) is 7.50. The van der Waals surface area contributed by atoms with Gasteiger partial charge in [0, 0.05) is 0 Å². The maximum atomic E-state index is 5.99. The van der Waals surface area contributed by atoms with Gasteiger partial charge in [0.1, 0.15) is 0 Å². The molecule has 1 aliphatic rings. The van der Waals surface area contributed by atoms with Crippen molar-refractivity contribution in [3.8, 4) is 0 Å². The summed E-state index contributed by atoms with van der Waals surface area (Å²) in [7, 11) is 0. The van der Waals surface area contributed by atoms with Crippen LogP contribution in [0.4, 0.5) is 5.69 Å². The van der Waals surface area contributed by atoms with Gasteiger partial charge in [-0.1, -0.05) is 13.8 Å². The Labute approximate surface area is 98.0 Å². The topological polar surface area (TPSA) is 43.8 Å². The monoisotopic (exact) mass is 221 g/mol. The summed E-state index contributed by atoms with van der Waals surface area (Å²) in [6, 6.07) is 0.558. The number of anilines is 1. The fourth-order valence-corrected chi connectivity index (χ4v) is 2.77. The van der Waals surface area contributed by atoms with E-state index in [1.807, 2.05) is 6.92 Å². The van der Waals surface area contributed by atoms with Crippen LogP contribution in [-0.4, -0.2) is 9.78 Å². The molecule has 16 heavy (non-hydrogen) atoms. The molecule has 3 nitrogen and oxygen atoms in total. The molecule has 2 rings (SSSR count). The second kappa shape index (κ2) is 4.11. The van der Waals surface area contributed by atoms with E-state index < -0.39 is 0 Å². The van der Waals surface area contributed by atoms with Gasteiger partial charge in [0.05, 0.1) is 23.1 Å². The zero-order valence-corrected chi connectivity index (χ0v) is 10.8. The van der Waals surface area contributed by atoms with E-state index in [0.29, 0.717) is 6.04 Å². The molecule has 0 saturated heterocycles. The first-order valence-electron chi connectivity index (χ1n) is 6.32. The molecule has 1 aromatic rings. The normalized spacial score (nSPS) is 30.6. The number of nitrogens with two attached hydrogens (primary N) is 1. The van der Waals surface area contributed by atoms with Gasteiger partial charge >= 0.3 is 0 Å². The van der Waals surface area contributed by atoms with Crippen molar-refractivity contribution in [1.29, 1.82) is 0 Å². The Morgan fingerprint density at radius 2 is 1.88 bits per heavy atom. The van der Waals surface area contributed by atoms with Gasteiger partial charge in [-0.15, -0.1) is 0 Å². The van der Waals surface area contributed by atoms with E-state index in [4.69, 9.17) is 5.73 Å². The lowest BCUT2D eigenvalue weighted by Gasteiger charge is -2.32. The third-order valence-electron chi connectivity index (χ3n) is 4.30. The van der Waals surface area contributed by atoms with E-state index in [1.165, 1.54) is 19.3 Å². The van der Waals surface area contributed by atoms with Crippen LogP contribution in [0.1, 0.15) is 50.5 Å². The minimum absolute atomic E-state index is 0.558. The zero-order valence-electron chi connectivity index (χ0n) is 10.8. The van der Waals surface area contributed by atoms with Gasteiger partial charge in [0.15, 0.2) is 0 Å². The highest BCUT2D eigenvalue weighted by Crippen LogP contribution is 2.37. The maximum Gasteiger partial charge on any atom is 0.0826 e. The molecule has 90 valence electrons. The maximum absolute atomic E-state index is 5.99. The summed E-state index contributed by atoms with van der Waals surface area (Å²) in [6.07, 6.45) is 3.79. The summed E-state index contributed by atoms with van der Waals surface area (Å²) in [6.45, 7) is 8.79. The lowest BCUT2D eigenvalue weighted by Crippen LogP contribution is -2.24. The van der Waals surface area contributed by atoms with Crippen molar-refractivity contribution < 1.29 is 0 Å². The summed E-state index contributed by atoms with van der Waals surface area (Å²) >= 11 is 0. The van der Waals surface area contributed by atoms with Crippen molar-refractivity contribution in [2.75, 3.05) is 5.73 Å². The van der Waals surface area contributed by atoms with Gasteiger partial charge in [-0.2, -0.15) is 5.10 Å². The second-order valence-corrected chi connectivity index (χ2v) is 5.45. The molecule has 1 aromatic heterocycles. The lowest BCUT2D eigenvalue weighted by molar-refractivity contribution is 0.199. The van der Waals surface area contributed by atoms with E-state index in [0.717, 1.165) is 28.9 Å². The first kappa shape index (κ1) is 11.5. The lowest BCUT2D eigenvalue weighted by atomic mass is 9.79. The summed E-state index contributed by atoms with van der Waals surface area (Å²) in [5.74, 6) is 1.65. The molecule has 3 unspecified atom stereocenters. The standard InChI is InChI=1S/C13H23N3/c1-8-5-6-12(7-9(8)2)16-11(4)13(14)10(3)15-16/h8-9,12H,5-7,14H2,1-4H3. The highest BCUT2D eigenvalue weighted by Gasteiger charge is 2.27. The van der Waals surface area contributed by atoms with Crippen LogP contribution in [0.15, 0.2) is 0 Å². The van der Waals surface area contributed by atoms with E-state index in [-0.39, 0.29) is 0 Å². The Kier molecular flexibility index (Phi) is 2.96. The SMILES string of the molecule is Cc1nn(C2CCC(C)C(C)C2)c(C)c1N. The van der Waals surface area contributed by atoms with Crippen LogP contribution in [0.25, 0.3) is 0 Å². The number of aromatic nitrogens is 2. The van der Waals surface area contributed by atoms with Gasteiger partial charge in [-0.3, -0.25) is 4.68 Å². The van der Waals surface area contributed by atoms with E-state index in [2.05, 4.69) is 30.6 Å². The predicted molar refractivity (Wildman–Crippen MR) is 67.3 cm³/mol. The molecule has 1 fully saturated rings. The zero-order chi connectivity index (χ0) is 11.9. The summed E-state index contributed by atoms with van der Waals surface area (Å²) in [5, 5.41) is 4.58. The van der Waals surface area contributed by atoms with Crippen LogP contribution >= 0.6 is 0 Å². The average Bonchev–Trinajstić information content (AvgIpc) is 2.50. The minimum atomic E-state index is 0.558. The Hall–Kier alpha value is -0.990. The number of hydrogen-bond acceptors (Lipinski definition) is 2. The van der Waals surface area contributed by atoms with Crippen molar-refractivity contribution >= 4 is 5.69 Å². The fraction of sp³-hybridized carbons (Fsp3) is 0.769. The molecule has 0 aromatic carbocycles. The van der Waals surface area contributed by atoms with Crippen molar-refractivity contribution in [2.24, 2.45) is 11.8 Å².